The smallest absolute Gasteiger partial charge is 0.164 e. The second kappa shape index (κ2) is 15.3. The summed E-state index contributed by atoms with van der Waals surface area (Å²) in [4.78, 5) is 15.9. The molecule has 4 heterocycles. The van der Waals surface area contributed by atoms with Gasteiger partial charge in [0.2, 0.25) is 0 Å². The molecule has 0 N–H and O–H groups in total. The summed E-state index contributed by atoms with van der Waals surface area (Å²) >= 11 is 0. The van der Waals surface area contributed by atoms with Crippen LogP contribution in [0.5, 0.6) is 0 Å². The number of fused-ring (bicyclic) bond motifs is 15. The minimum atomic E-state index is 0.591. The van der Waals surface area contributed by atoms with Gasteiger partial charge in [0, 0.05) is 60.1 Å². The highest BCUT2D eigenvalue weighted by Gasteiger charge is 2.22. The van der Waals surface area contributed by atoms with Gasteiger partial charge in [-0.05, 0) is 98.4 Å². The lowest BCUT2D eigenvalue weighted by Crippen LogP contribution is -2.00. The van der Waals surface area contributed by atoms with Crippen molar-refractivity contribution >= 4 is 109 Å². The van der Waals surface area contributed by atoms with Gasteiger partial charge in [0.05, 0.1) is 27.8 Å². The Labute approximate surface area is 417 Å². The summed E-state index contributed by atoms with van der Waals surface area (Å²) in [5.41, 5.74) is 11.0. The number of aromatic nitrogens is 5. The van der Waals surface area contributed by atoms with Crippen molar-refractivity contribution in [2.24, 2.45) is 0 Å². The topological polar surface area (TPSA) is 61.7 Å². The Morgan fingerprint density at radius 1 is 0.301 bits per heavy atom. The Morgan fingerprint density at radius 3 is 1.66 bits per heavy atom. The van der Waals surface area contributed by atoms with E-state index < -0.39 is 0 Å². The number of furan rings is 1. The minimum Gasteiger partial charge on any atom is -0.454 e. The zero-order valence-corrected chi connectivity index (χ0v) is 39.2. The lowest BCUT2D eigenvalue weighted by molar-refractivity contribution is 0.666. The molecule has 338 valence electrons. The summed E-state index contributed by atoms with van der Waals surface area (Å²) in [7, 11) is 0. The van der Waals surface area contributed by atoms with Crippen LogP contribution in [0.4, 0.5) is 0 Å². The molecule has 16 rings (SSSR count). The van der Waals surface area contributed by atoms with Crippen LogP contribution >= 0.6 is 0 Å². The minimum absolute atomic E-state index is 0.591. The van der Waals surface area contributed by atoms with Crippen LogP contribution in [0.3, 0.4) is 0 Å². The van der Waals surface area contributed by atoms with Gasteiger partial charge >= 0.3 is 0 Å². The molecule has 16 aromatic rings. The van der Waals surface area contributed by atoms with Gasteiger partial charge < -0.3 is 13.6 Å². The van der Waals surface area contributed by atoms with E-state index in [0.717, 1.165) is 93.6 Å². The Kier molecular flexibility index (Phi) is 8.36. The molecule has 0 spiro atoms. The predicted octanol–water partition coefficient (Wildman–Crippen LogP) is 17.6. The molecular weight excluding hydrogens is 891 g/mol. The van der Waals surface area contributed by atoms with Crippen LogP contribution in [0, 0.1) is 0 Å². The first kappa shape index (κ1) is 39.9. The van der Waals surface area contributed by atoms with E-state index >= 15 is 0 Å². The third-order valence-electron chi connectivity index (χ3n) is 15.1. The SMILES string of the molecule is c1ccc(-n2c3ccccc3c3ccc(-c4nc(-c5ccc6ccccc6c5)nc(-c5ccc6ccc7oc8c(-n9c%10cc%11ccccc%11cc%10c%10ccc%11ccccc%11c%109)cccc8c7c6c5)n4)cc32)cc1. The van der Waals surface area contributed by atoms with Crippen molar-refractivity contribution in [3.8, 4) is 45.5 Å². The Hall–Kier alpha value is -9.91. The standard InChI is InChI=1S/C67H39N5O/c1-2-18-49(19-3-1)71-57-23-11-10-21-51(57)52-32-30-48(39-59(52)71)67-69-65(46-27-25-40-13-4-5-15-43(40)35-46)68-66(70-67)47-28-26-42-31-34-61-62(55(42)37-47)54-22-12-24-58(64(54)73-61)72-60-38-45-17-7-6-16-44(45)36-56(60)53-33-29-41-14-8-9-20-50(41)63(53)72/h1-39H. The fraction of sp³-hybridized carbons (Fsp3) is 0. The van der Waals surface area contributed by atoms with E-state index in [4.69, 9.17) is 19.4 Å². The van der Waals surface area contributed by atoms with Crippen molar-refractivity contribution in [2.75, 3.05) is 0 Å². The molecule has 0 atom stereocenters. The van der Waals surface area contributed by atoms with Gasteiger partial charge in [-0.2, -0.15) is 0 Å². The molecular formula is C67H39N5O. The molecule has 0 aliphatic heterocycles. The second-order valence-corrected chi connectivity index (χ2v) is 19.2. The van der Waals surface area contributed by atoms with E-state index in [-0.39, 0.29) is 0 Å². The maximum atomic E-state index is 7.08. The summed E-state index contributed by atoms with van der Waals surface area (Å²) in [6.45, 7) is 0. The van der Waals surface area contributed by atoms with E-state index in [2.05, 4.69) is 246 Å². The number of benzene rings is 12. The van der Waals surface area contributed by atoms with Gasteiger partial charge in [-0.15, -0.1) is 0 Å². The van der Waals surface area contributed by atoms with E-state index in [0.29, 0.717) is 17.5 Å². The van der Waals surface area contributed by atoms with Crippen molar-refractivity contribution in [1.82, 2.24) is 24.1 Å². The highest BCUT2D eigenvalue weighted by molar-refractivity contribution is 6.24. The zero-order valence-electron chi connectivity index (χ0n) is 39.2. The van der Waals surface area contributed by atoms with Crippen LogP contribution in [-0.4, -0.2) is 24.1 Å². The van der Waals surface area contributed by atoms with Crippen molar-refractivity contribution in [2.45, 2.75) is 0 Å². The lowest BCUT2D eigenvalue weighted by atomic mass is 10.0. The molecule has 6 nitrogen and oxygen atoms in total. The lowest BCUT2D eigenvalue weighted by Gasteiger charge is -2.11. The molecule has 0 bridgehead atoms. The summed E-state index contributed by atoms with van der Waals surface area (Å²) in [6.07, 6.45) is 0. The van der Waals surface area contributed by atoms with E-state index in [1.165, 1.54) is 43.1 Å². The molecule has 4 aromatic heterocycles. The van der Waals surface area contributed by atoms with E-state index in [1.807, 2.05) is 0 Å². The van der Waals surface area contributed by atoms with Crippen LogP contribution in [0.2, 0.25) is 0 Å². The Balaban J connectivity index is 0.919. The quantitative estimate of drug-likeness (QED) is 0.173. The van der Waals surface area contributed by atoms with Gasteiger partial charge in [0.1, 0.15) is 5.58 Å². The maximum absolute atomic E-state index is 7.08. The molecule has 0 aliphatic carbocycles. The van der Waals surface area contributed by atoms with Crippen LogP contribution in [0.25, 0.3) is 154 Å². The molecule has 0 amide bonds. The fourth-order valence-corrected chi connectivity index (χ4v) is 11.7. The van der Waals surface area contributed by atoms with Gasteiger partial charge in [0.15, 0.2) is 23.1 Å². The van der Waals surface area contributed by atoms with Crippen molar-refractivity contribution in [1.29, 1.82) is 0 Å². The summed E-state index contributed by atoms with van der Waals surface area (Å²) in [6, 6.07) is 84.5. The summed E-state index contributed by atoms with van der Waals surface area (Å²) in [5, 5.41) is 16.1. The third-order valence-corrected chi connectivity index (χ3v) is 15.1. The maximum Gasteiger partial charge on any atom is 0.164 e. The number of para-hydroxylation sites is 3. The van der Waals surface area contributed by atoms with Crippen LogP contribution in [-0.2, 0) is 0 Å². The molecule has 0 unspecified atom stereocenters. The molecule has 0 saturated heterocycles. The van der Waals surface area contributed by atoms with Gasteiger partial charge in [-0.1, -0.05) is 176 Å². The average molecular weight is 930 g/mol. The van der Waals surface area contributed by atoms with Gasteiger partial charge in [0.25, 0.3) is 0 Å². The first-order chi connectivity index (χ1) is 36.2. The molecule has 12 aromatic carbocycles. The largest absolute Gasteiger partial charge is 0.454 e. The highest BCUT2D eigenvalue weighted by Crippen LogP contribution is 2.44. The number of hydrogen-bond acceptors (Lipinski definition) is 4. The number of nitrogens with zero attached hydrogens (tertiary/aromatic N) is 5. The molecule has 0 radical (unpaired) electrons. The fourth-order valence-electron chi connectivity index (χ4n) is 11.7. The van der Waals surface area contributed by atoms with Crippen LogP contribution < -0.4 is 0 Å². The van der Waals surface area contributed by atoms with Crippen molar-refractivity contribution < 1.29 is 4.42 Å². The summed E-state index contributed by atoms with van der Waals surface area (Å²) in [5.74, 6) is 1.80. The highest BCUT2D eigenvalue weighted by atomic mass is 16.3. The van der Waals surface area contributed by atoms with Crippen LogP contribution in [0.15, 0.2) is 241 Å². The monoisotopic (exact) mass is 929 g/mol. The predicted molar refractivity (Wildman–Crippen MR) is 302 cm³/mol. The number of hydrogen-bond donors (Lipinski definition) is 0. The average Bonchev–Trinajstić information content (AvgIpc) is 4.12. The van der Waals surface area contributed by atoms with E-state index in [9.17, 15) is 0 Å². The second-order valence-electron chi connectivity index (χ2n) is 19.2. The molecule has 6 heteroatoms. The molecule has 0 fully saturated rings. The Morgan fingerprint density at radius 2 is 0.849 bits per heavy atom. The van der Waals surface area contributed by atoms with Crippen molar-refractivity contribution in [3.63, 3.8) is 0 Å². The van der Waals surface area contributed by atoms with Crippen LogP contribution in [0.1, 0.15) is 0 Å². The molecule has 0 saturated carbocycles. The molecule has 73 heavy (non-hydrogen) atoms. The Bertz CT molecular complexity index is 4980. The zero-order chi connectivity index (χ0) is 47.7. The third kappa shape index (κ3) is 6.01. The van der Waals surface area contributed by atoms with Crippen molar-refractivity contribution in [3.05, 3.63) is 237 Å². The number of rotatable bonds is 5. The summed E-state index contributed by atoms with van der Waals surface area (Å²) < 4.78 is 11.8. The normalized spacial score (nSPS) is 12.1. The van der Waals surface area contributed by atoms with E-state index in [1.54, 1.807) is 0 Å². The van der Waals surface area contributed by atoms with Gasteiger partial charge in [-0.25, -0.2) is 15.0 Å². The first-order valence-corrected chi connectivity index (χ1v) is 24.7. The van der Waals surface area contributed by atoms with Gasteiger partial charge in [-0.3, -0.25) is 0 Å². The molecule has 0 aliphatic rings. The first-order valence-electron chi connectivity index (χ1n) is 24.7.